The number of rotatable bonds is 1. The van der Waals surface area contributed by atoms with Gasteiger partial charge in [0, 0.05) is 6.20 Å². The van der Waals surface area contributed by atoms with Gasteiger partial charge in [0.1, 0.15) is 5.69 Å². The first-order valence-electron chi connectivity index (χ1n) is 4.09. The van der Waals surface area contributed by atoms with E-state index in [9.17, 15) is 9.59 Å². The van der Waals surface area contributed by atoms with Crippen molar-refractivity contribution in [3.63, 3.8) is 0 Å². The third kappa shape index (κ3) is 1.18. The van der Waals surface area contributed by atoms with Crippen molar-refractivity contribution in [3.05, 3.63) is 29.6 Å². The van der Waals surface area contributed by atoms with Gasteiger partial charge >= 0.3 is 5.91 Å². The number of hydrogen-bond acceptors (Lipinski definition) is 4. The minimum atomic E-state index is -0.501. The molecule has 0 saturated heterocycles. The number of nitrogens with zero attached hydrogens (tertiary/aromatic N) is 2. The Labute approximate surface area is 80.3 Å². The van der Waals surface area contributed by atoms with Crippen molar-refractivity contribution in [1.29, 1.82) is 0 Å². The fraction of sp³-hybridized carbons (Fsp3) is 0.222. The highest BCUT2D eigenvalue weighted by Crippen LogP contribution is 2.16. The number of hydrogen-bond donors (Lipinski definition) is 0. The van der Waals surface area contributed by atoms with Crippen LogP contribution in [0.2, 0.25) is 0 Å². The van der Waals surface area contributed by atoms with Crippen LogP contribution in [-0.2, 0) is 16.1 Å². The molecule has 0 spiro atoms. The Morgan fingerprint density at radius 3 is 3.00 bits per heavy atom. The number of fused-ring (bicyclic) bond motifs is 1. The summed E-state index contributed by atoms with van der Waals surface area (Å²) >= 11 is 0. The fourth-order valence-electron chi connectivity index (χ4n) is 1.40. The first kappa shape index (κ1) is 8.83. The van der Waals surface area contributed by atoms with Crippen molar-refractivity contribution in [2.75, 3.05) is 7.11 Å². The van der Waals surface area contributed by atoms with Gasteiger partial charge in [0.15, 0.2) is 0 Å². The third-order valence-corrected chi connectivity index (χ3v) is 2.03. The molecule has 0 unspecified atom stereocenters. The molecule has 1 aliphatic rings. The molecular formula is C9H8N2O3. The predicted molar refractivity (Wildman–Crippen MR) is 46.1 cm³/mol. The van der Waals surface area contributed by atoms with Gasteiger partial charge in [-0.3, -0.25) is 19.4 Å². The maximum Gasteiger partial charge on any atom is 0.303 e. The van der Waals surface area contributed by atoms with Gasteiger partial charge in [0.25, 0.3) is 5.91 Å². The molecule has 1 aliphatic heterocycles. The normalized spacial score (nSPS) is 15.6. The van der Waals surface area contributed by atoms with Crippen LogP contribution in [-0.4, -0.2) is 29.0 Å². The molecule has 5 nitrogen and oxygen atoms in total. The van der Waals surface area contributed by atoms with Crippen LogP contribution in [0.5, 0.6) is 0 Å². The maximum atomic E-state index is 11.6. The van der Waals surface area contributed by atoms with Crippen molar-refractivity contribution in [2.45, 2.75) is 6.42 Å². The average Bonchev–Trinajstić information content (AvgIpc) is 2.18. The Morgan fingerprint density at radius 2 is 2.29 bits per heavy atom. The largest absolute Gasteiger partial charge is 0.303 e. The van der Waals surface area contributed by atoms with Gasteiger partial charge in [-0.05, 0) is 11.6 Å². The van der Waals surface area contributed by atoms with Gasteiger partial charge in [-0.1, -0.05) is 6.07 Å². The number of pyridine rings is 1. The van der Waals surface area contributed by atoms with Gasteiger partial charge in [0.2, 0.25) is 0 Å². The Bertz CT molecular complexity index is 403. The summed E-state index contributed by atoms with van der Waals surface area (Å²) in [6.45, 7) is 0. The summed E-state index contributed by atoms with van der Waals surface area (Å²) in [6, 6.07) is 3.41. The Hall–Kier alpha value is -1.75. The van der Waals surface area contributed by atoms with Crippen LogP contribution in [0.4, 0.5) is 0 Å². The van der Waals surface area contributed by atoms with E-state index in [0.717, 1.165) is 5.06 Å². The zero-order valence-electron chi connectivity index (χ0n) is 7.56. The van der Waals surface area contributed by atoms with Crippen molar-refractivity contribution >= 4 is 11.8 Å². The van der Waals surface area contributed by atoms with Gasteiger partial charge < -0.3 is 0 Å². The molecule has 2 rings (SSSR count). The van der Waals surface area contributed by atoms with E-state index in [1.54, 1.807) is 12.1 Å². The summed E-state index contributed by atoms with van der Waals surface area (Å²) < 4.78 is 0. The van der Waals surface area contributed by atoms with E-state index in [2.05, 4.69) is 9.82 Å². The Kier molecular flexibility index (Phi) is 2.01. The SMILES string of the molecule is CON1C(=O)Cc2cccnc2C1=O. The van der Waals surface area contributed by atoms with E-state index >= 15 is 0 Å². The van der Waals surface area contributed by atoms with Gasteiger partial charge in [0.05, 0.1) is 13.5 Å². The lowest BCUT2D eigenvalue weighted by Crippen LogP contribution is -2.41. The van der Waals surface area contributed by atoms with Crippen molar-refractivity contribution < 1.29 is 14.4 Å². The van der Waals surface area contributed by atoms with E-state index in [1.165, 1.54) is 13.3 Å². The van der Waals surface area contributed by atoms with Crippen molar-refractivity contribution in [1.82, 2.24) is 10.0 Å². The molecule has 0 N–H and O–H groups in total. The summed E-state index contributed by atoms with van der Waals surface area (Å²) in [5, 5.41) is 0.731. The molecule has 0 aliphatic carbocycles. The second-order valence-corrected chi connectivity index (χ2v) is 2.86. The summed E-state index contributed by atoms with van der Waals surface area (Å²) in [6.07, 6.45) is 1.67. The molecule has 14 heavy (non-hydrogen) atoms. The molecule has 0 radical (unpaired) electrons. The highest BCUT2D eigenvalue weighted by molar-refractivity contribution is 6.07. The number of carbonyl (C=O) groups excluding carboxylic acids is 2. The van der Waals surface area contributed by atoms with Crippen LogP contribution < -0.4 is 0 Å². The minimum absolute atomic E-state index is 0.156. The molecule has 0 aromatic carbocycles. The standard InChI is InChI=1S/C9H8N2O3/c1-14-11-7(12)5-6-3-2-4-10-8(6)9(11)13/h2-4H,5H2,1H3. The molecule has 0 bridgehead atoms. The number of imide groups is 1. The van der Waals surface area contributed by atoms with E-state index in [-0.39, 0.29) is 18.0 Å². The van der Waals surface area contributed by atoms with Crippen molar-refractivity contribution in [3.8, 4) is 0 Å². The molecule has 0 saturated carbocycles. The van der Waals surface area contributed by atoms with E-state index in [1.807, 2.05) is 0 Å². The van der Waals surface area contributed by atoms with Crippen LogP contribution in [0.1, 0.15) is 16.1 Å². The van der Waals surface area contributed by atoms with Crippen LogP contribution >= 0.6 is 0 Å². The topological polar surface area (TPSA) is 59.5 Å². The van der Waals surface area contributed by atoms with E-state index in [4.69, 9.17) is 0 Å². The highest BCUT2D eigenvalue weighted by Gasteiger charge is 2.32. The monoisotopic (exact) mass is 192 g/mol. The number of carbonyl (C=O) groups is 2. The zero-order chi connectivity index (χ0) is 10.1. The lowest BCUT2D eigenvalue weighted by Gasteiger charge is -2.22. The summed E-state index contributed by atoms with van der Waals surface area (Å²) in [5.41, 5.74) is 0.935. The molecule has 0 atom stereocenters. The lowest BCUT2D eigenvalue weighted by atomic mass is 10.1. The van der Waals surface area contributed by atoms with Gasteiger partial charge in [-0.2, -0.15) is 0 Å². The van der Waals surface area contributed by atoms with Gasteiger partial charge in [-0.25, -0.2) is 0 Å². The predicted octanol–water partition coefficient (Wildman–Crippen LogP) is 0.168. The maximum absolute atomic E-state index is 11.6. The number of amides is 2. The first-order valence-corrected chi connectivity index (χ1v) is 4.09. The molecule has 0 fully saturated rings. The highest BCUT2D eigenvalue weighted by atomic mass is 16.7. The van der Waals surface area contributed by atoms with Crippen LogP contribution in [0.3, 0.4) is 0 Å². The van der Waals surface area contributed by atoms with E-state index < -0.39 is 5.91 Å². The Balaban J connectivity index is 2.49. The molecule has 1 aromatic rings. The minimum Gasteiger partial charge on any atom is -0.272 e. The second-order valence-electron chi connectivity index (χ2n) is 2.86. The molecule has 72 valence electrons. The molecular weight excluding hydrogens is 184 g/mol. The molecule has 1 aromatic heterocycles. The molecule has 2 heterocycles. The molecule has 2 amide bonds. The van der Waals surface area contributed by atoms with Crippen molar-refractivity contribution in [2.24, 2.45) is 0 Å². The summed E-state index contributed by atoms with van der Waals surface area (Å²) in [5.74, 6) is -0.864. The summed E-state index contributed by atoms with van der Waals surface area (Å²) in [7, 11) is 1.28. The lowest BCUT2D eigenvalue weighted by molar-refractivity contribution is -0.162. The number of aromatic nitrogens is 1. The van der Waals surface area contributed by atoms with E-state index in [0.29, 0.717) is 5.56 Å². The first-order chi connectivity index (χ1) is 6.74. The average molecular weight is 192 g/mol. The summed E-state index contributed by atoms with van der Waals surface area (Å²) in [4.78, 5) is 31.5. The van der Waals surface area contributed by atoms with Crippen LogP contribution in [0.15, 0.2) is 18.3 Å². The Morgan fingerprint density at radius 1 is 1.50 bits per heavy atom. The quantitative estimate of drug-likeness (QED) is 0.595. The van der Waals surface area contributed by atoms with Crippen LogP contribution in [0, 0.1) is 0 Å². The molecule has 5 heteroatoms. The third-order valence-electron chi connectivity index (χ3n) is 2.03. The number of hydroxylamine groups is 2. The fourth-order valence-corrected chi connectivity index (χ4v) is 1.40. The van der Waals surface area contributed by atoms with Gasteiger partial charge in [-0.15, -0.1) is 5.06 Å². The second kappa shape index (κ2) is 3.19. The van der Waals surface area contributed by atoms with Crippen LogP contribution in [0.25, 0.3) is 0 Å². The zero-order valence-corrected chi connectivity index (χ0v) is 7.56. The smallest absolute Gasteiger partial charge is 0.272 e.